The van der Waals surface area contributed by atoms with E-state index >= 15 is 0 Å². The number of aromatic nitrogens is 2. The smallest absolute Gasteiger partial charge is 0.0983 e. The van der Waals surface area contributed by atoms with Gasteiger partial charge in [0.2, 0.25) is 0 Å². The molecule has 0 saturated carbocycles. The van der Waals surface area contributed by atoms with Crippen molar-refractivity contribution < 1.29 is 0 Å². The molecule has 0 spiro atoms. The first-order valence-corrected chi connectivity index (χ1v) is 8.00. The lowest BCUT2D eigenvalue weighted by Gasteiger charge is -1.96. The van der Waals surface area contributed by atoms with Gasteiger partial charge >= 0.3 is 0 Å². The van der Waals surface area contributed by atoms with Gasteiger partial charge in [-0.3, -0.25) is 0 Å². The summed E-state index contributed by atoms with van der Waals surface area (Å²) in [6.45, 7) is 0. The molecule has 20 heavy (non-hydrogen) atoms. The number of nitrogens with zero attached hydrogens (tertiary/aromatic N) is 1. The third-order valence-corrected chi connectivity index (χ3v) is 4.94. The van der Waals surface area contributed by atoms with Crippen LogP contribution in [0, 0.1) is 0 Å². The molecule has 0 aliphatic carbocycles. The second-order valence-electron chi connectivity index (χ2n) is 4.76. The Bertz CT molecular complexity index is 874. The van der Waals surface area contributed by atoms with Crippen LogP contribution < -0.4 is 0 Å². The molecule has 0 saturated heterocycles. The van der Waals surface area contributed by atoms with Crippen LogP contribution in [0.4, 0.5) is 0 Å². The maximum Gasteiger partial charge on any atom is 0.0983 e. The molecule has 4 heteroatoms. The monoisotopic (exact) mass is 342 g/mol. The minimum absolute atomic E-state index is 0.871. The van der Waals surface area contributed by atoms with E-state index in [9.17, 15) is 0 Å². The summed E-state index contributed by atoms with van der Waals surface area (Å²) in [4.78, 5) is 8.04. The van der Waals surface area contributed by atoms with Crippen molar-refractivity contribution in [3.8, 4) is 0 Å². The van der Waals surface area contributed by atoms with Crippen molar-refractivity contribution in [1.29, 1.82) is 0 Å². The molecule has 1 N–H and O–H groups in total. The van der Waals surface area contributed by atoms with E-state index in [1.165, 1.54) is 21.2 Å². The number of aromatic amines is 1. The van der Waals surface area contributed by atoms with Crippen molar-refractivity contribution in [2.45, 2.75) is 6.42 Å². The summed E-state index contributed by atoms with van der Waals surface area (Å²) in [7, 11) is 0. The van der Waals surface area contributed by atoms with Gasteiger partial charge < -0.3 is 4.98 Å². The van der Waals surface area contributed by atoms with Gasteiger partial charge in [-0.25, -0.2) is 4.98 Å². The van der Waals surface area contributed by atoms with Gasteiger partial charge in [0.25, 0.3) is 0 Å². The second kappa shape index (κ2) is 4.72. The highest BCUT2D eigenvalue weighted by Crippen LogP contribution is 2.28. The number of fused-ring (bicyclic) bond motifs is 2. The average molecular weight is 343 g/mol. The van der Waals surface area contributed by atoms with Crippen LogP contribution >= 0.6 is 27.3 Å². The zero-order valence-corrected chi connectivity index (χ0v) is 13.0. The first-order chi connectivity index (χ1) is 9.79. The number of halogens is 1. The fourth-order valence-electron chi connectivity index (χ4n) is 2.46. The standard InChI is InChI=1S/C16H11BrN2S/c17-11-5-6-13-12(8-11)10(9-18-13)7-16-19-14-3-1-2-4-15(14)20-16/h1-6,8-9,18H,7H2. The Labute approximate surface area is 128 Å². The zero-order chi connectivity index (χ0) is 13.5. The minimum atomic E-state index is 0.871. The largest absolute Gasteiger partial charge is 0.361 e. The molecule has 0 fully saturated rings. The lowest BCUT2D eigenvalue weighted by Crippen LogP contribution is -1.84. The topological polar surface area (TPSA) is 28.7 Å². The van der Waals surface area contributed by atoms with E-state index in [-0.39, 0.29) is 0 Å². The van der Waals surface area contributed by atoms with Crippen LogP contribution in [0.1, 0.15) is 10.6 Å². The summed E-state index contributed by atoms with van der Waals surface area (Å²) in [6, 6.07) is 14.6. The Morgan fingerprint density at radius 2 is 2.05 bits per heavy atom. The van der Waals surface area contributed by atoms with Gasteiger partial charge in [0, 0.05) is 28.0 Å². The molecule has 0 bridgehead atoms. The number of nitrogens with one attached hydrogen (secondary N) is 1. The Morgan fingerprint density at radius 1 is 1.15 bits per heavy atom. The third-order valence-electron chi connectivity index (χ3n) is 3.41. The third kappa shape index (κ3) is 2.05. The fraction of sp³-hybridized carbons (Fsp3) is 0.0625. The Kier molecular flexibility index (Phi) is 2.86. The normalized spacial score (nSPS) is 11.4. The first kappa shape index (κ1) is 12.1. The van der Waals surface area contributed by atoms with E-state index in [2.05, 4.69) is 63.5 Å². The lowest BCUT2D eigenvalue weighted by atomic mass is 10.1. The predicted octanol–water partition coefficient (Wildman–Crippen LogP) is 5.13. The SMILES string of the molecule is Brc1ccc2[nH]cc(Cc3nc4ccccc4s3)c2c1. The summed E-state index contributed by atoms with van der Waals surface area (Å²) in [5, 5.41) is 2.42. The van der Waals surface area contributed by atoms with Crippen LogP contribution in [-0.2, 0) is 6.42 Å². The summed E-state index contributed by atoms with van der Waals surface area (Å²) in [5.74, 6) is 0. The maximum absolute atomic E-state index is 4.71. The van der Waals surface area contributed by atoms with E-state index < -0.39 is 0 Å². The number of benzene rings is 2. The van der Waals surface area contributed by atoms with Gasteiger partial charge in [0.05, 0.1) is 15.2 Å². The van der Waals surface area contributed by atoms with Crippen LogP contribution in [-0.4, -0.2) is 9.97 Å². The Morgan fingerprint density at radius 3 is 2.95 bits per heavy atom. The van der Waals surface area contributed by atoms with Gasteiger partial charge in [-0.15, -0.1) is 11.3 Å². The molecule has 0 atom stereocenters. The van der Waals surface area contributed by atoms with Gasteiger partial charge in [0.1, 0.15) is 0 Å². The quantitative estimate of drug-likeness (QED) is 0.537. The molecule has 98 valence electrons. The van der Waals surface area contributed by atoms with Crippen LogP contribution in [0.5, 0.6) is 0 Å². The maximum atomic E-state index is 4.71. The molecule has 2 aromatic heterocycles. The highest BCUT2D eigenvalue weighted by Gasteiger charge is 2.08. The van der Waals surface area contributed by atoms with Crippen molar-refractivity contribution in [3.63, 3.8) is 0 Å². The molecule has 0 radical (unpaired) electrons. The molecule has 0 amide bonds. The van der Waals surface area contributed by atoms with Crippen LogP contribution in [0.3, 0.4) is 0 Å². The molecule has 4 rings (SSSR count). The van der Waals surface area contributed by atoms with Gasteiger partial charge in [-0.1, -0.05) is 28.1 Å². The highest BCUT2D eigenvalue weighted by atomic mass is 79.9. The average Bonchev–Trinajstić information content (AvgIpc) is 3.03. The Balaban J connectivity index is 1.78. The molecule has 2 heterocycles. The van der Waals surface area contributed by atoms with Gasteiger partial charge in [0.15, 0.2) is 0 Å². The highest BCUT2D eigenvalue weighted by molar-refractivity contribution is 9.10. The summed E-state index contributed by atoms with van der Waals surface area (Å²) < 4.78 is 2.36. The van der Waals surface area contributed by atoms with Gasteiger partial charge in [-0.2, -0.15) is 0 Å². The number of H-pyrrole nitrogens is 1. The minimum Gasteiger partial charge on any atom is -0.361 e. The Hall–Kier alpha value is -1.65. The second-order valence-corrected chi connectivity index (χ2v) is 6.79. The number of para-hydroxylation sites is 1. The summed E-state index contributed by atoms with van der Waals surface area (Å²) in [5.41, 5.74) is 3.55. The first-order valence-electron chi connectivity index (χ1n) is 6.39. The molecule has 2 nitrogen and oxygen atoms in total. The van der Waals surface area contributed by atoms with Crippen molar-refractivity contribution in [3.05, 3.63) is 63.7 Å². The molecule has 4 aromatic rings. The van der Waals surface area contributed by atoms with Crippen molar-refractivity contribution in [2.24, 2.45) is 0 Å². The summed E-state index contributed by atoms with van der Waals surface area (Å²) in [6.07, 6.45) is 2.96. The van der Waals surface area contributed by atoms with Crippen molar-refractivity contribution in [2.75, 3.05) is 0 Å². The van der Waals surface area contributed by atoms with Crippen molar-refractivity contribution >= 4 is 48.4 Å². The zero-order valence-electron chi connectivity index (χ0n) is 10.6. The van der Waals surface area contributed by atoms with E-state index in [4.69, 9.17) is 4.98 Å². The molecule has 0 aliphatic rings. The molecule has 0 aliphatic heterocycles. The van der Waals surface area contributed by atoms with E-state index in [0.717, 1.165) is 21.4 Å². The van der Waals surface area contributed by atoms with Crippen LogP contribution in [0.15, 0.2) is 53.1 Å². The van der Waals surface area contributed by atoms with Gasteiger partial charge in [-0.05, 0) is 35.9 Å². The number of hydrogen-bond donors (Lipinski definition) is 1. The number of rotatable bonds is 2. The number of thiazole rings is 1. The van der Waals surface area contributed by atoms with E-state index in [0.29, 0.717) is 0 Å². The number of hydrogen-bond acceptors (Lipinski definition) is 2. The van der Waals surface area contributed by atoms with Crippen molar-refractivity contribution in [1.82, 2.24) is 9.97 Å². The van der Waals surface area contributed by atoms with E-state index in [1.54, 1.807) is 11.3 Å². The predicted molar refractivity (Wildman–Crippen MR) is 88.4 cm³/mol. The molecular weight excluding hydrogens is 332 g/mol. The summed E-state index contributed by atoms with van der Waals surface area (Å²) >= 11 is 5.31. The fourth-order valence-corrected chi connectivity index (χ4v) is 3.81. The lowest BCUT2D eigenvalue weighted by molar-refractivity contribution is 1.17. The van der Waals surface area contributed by atoms with E-state index in [1.807, 2.05) is 6.07 Å². The molecule has 2 aromatic carbocycles. The molecular formula is C16H11BrN2S. The van der Waals surface area contributed by atoms with Crippen LogP contribution in [0.2, 0.25) is 0 Å². The van der Waals surface area contributed by atoms with Crippen LogP contribution in [0.25, 0.3) is 21.1 Å². The molecule has 0 unspecified atom stereocenters.